The second kappa shape index (κ2) is 12.6. The molecule has 5 heterocycles. The van der Waals surface area contributed by atoms with Gasteiger partial charge < -0.3 is 15.3 Å². The van der Waals surface area contributed by atoms with E-state index >= 15 is 0 Å². The monoisotopic (exact) mass is 707 g/mol. The van der Waals surface area contributed by atoms with Crippen molar-refractivity contribution in [3.05, 3.63) is 0 Å². The van der Waals surface area contributed by atoms with E-state index in [1.54, 1.807) is 0 Å². The van der Waals surface area contributed by atoms with Gasteiger partial charge in [0.2, 0.25) is 0 Å². The van der Waals surface area contributed by atoms with E-state index in [1.807, 2.05) is 0 Å². The molecule has 9 fully saturated rings. The third kappa shape index (κ3) is 5.24. The molecule has 5 aliphatic heterocycles. The molecule has 4 saturated carbocycles. The second-order valence-corrected chi connectivity index (χ2v) is 16.0. The van der Waals surface area contributed by atoms with Crippen LogP contribution in [0.4, 0.5) is 0 Å². The normalized spacial score (nSPS) is 58.3. The maximum Gasteiger partial charge on any atom is 0.106 e. The van der Waals surface area contributed by atoms with E-state index in [-0.39, 0.29) is 71.2 Å². The summed E-state index contributed by atoms with van der Waals surface area (Å²) in [7, 11) is 0. The first-order chi connectivity index (χ1) is 21.0. The first-order valence-corrected chi connectivity index (χ1v) is 18.2. The zero-order valence-corrected chi connectivity index (χ0v) is 27.3. The molecule has 0 amide bonds. The summed E-state index contributed by atoms with van der Waals surface area (Å²) < 4.78 is 0. The summed E-state index contributed by atoms with van der Waals surface area (Å²) in [5, 5.41) is 65.3. The first-order valence-electron chi connectivity index (χ1n) is 18.2. The molecule has 253 valence electrons. The molecular weight excluding hydrogens is 652 g/mol. The van der Waals surface area contributed by atoms with Crippen molar-refractivity contribution in [3.63, 3.8) is 0 Å². The van der Waals surface area contributed by atoms with Gasteiger partial charge in [-0.1, -0.05) is 38.5 Å². The molecule has 11 N–H and O–H groups in total. The van der Waals surface area contributed by atoms with Gasteiger partial charge in [0.05, 0.1) is 61.5 Å². The van der Waals surface area contributed by atoms with Gasteiger partial charge in [0, 0.05) is 28.3 Å². The number of aliphatic hydroxyl groups is 3. The summed E-state index contributed by atoms with van der Waals surface area (Å²) in [5.74, 6) is 3.41. The minimum Gasteiger partial charge on any atom is -0.390 e. The Morgan fingerprint density at radius 1 is 0.341 bits per heavy atom. The van der Waals surface area contributed by atoms with E-state index in [4.69, 9.17) is 0 Å². The molecule has 0 aromatic rings. The van der Waals surface area contributed by atoms with Crippen molar-refractivity contribution in [2.24, 2.45) is 47.3 Å². The Morgan fingerprint density at radius 2 is 0.614 bits per heavy atom. The maximum absolute atomic E-state index is 11.4. The van der Waals surface area contributed by atoms with Crippen molar-refractivity contribution in [1.29, 1.82) is 0 Å². The van der Waals surface area contributed by atoms with Crippen LogP contribution in [0.3, 0.4) is 0 Å². The third-order valence-corrected chi connectivity index (χ3v) is 14.0. The van der Waals surface area contributed by atoms with Crippen LogP contribution in [0.1, 0.15) is 83.5 Å². The molecule has 9 rings (SSSR count). The zero-order valence-electron chi connectivity index (χ0n) is 25.8. The smallest absolute Gasteiger partial charge is 0.106 e. The summed E-state index contributed by atoms with van der Waals surface area (Å²) in [4.78, 5) is 0. The molecule has 4 aliphatic carbocycles. The molecule has 44 heavy (non-hydrogen) atoms. The summed E-state index contributed by atoms with van der Waals surface area (Å²) in [5.41, 5.74) is 0. The van der Waals surface area contributed by atoms with Crippen LogP contribution in [-0.4, -0.2) is 83.0 Å². The fraction of sp³-hybridized carbons (Fsp3) is 1.00. The van der Waals surface area contributed by atoms with Gasteiger partial charge in [-0.05, 0) is 86.4 Å². The van der Waals surface area contributed by atoms with Crippen molar-refractivity contribution in [2.75, 3.05) is 0 Å². The van der Waals surface area contributed by atoms with Crippen LogP contribution in [0, 0.1) is 47.3 Å². The van der Waals surface area contributed by atoms with Crippen molar-refractivity contribution in [3.8, 4) is 0 Å². The van der Waals surface area contributed by atoms with E-state index in [9.17, 15) is 15.3 Å². The molecule has 1 radical (unpaired) electrons. The van der Waals surface area contributed by atoms with Crippen molar-refractivity contribution in [2.45, 2.75) is 151 Å². The van der Waals surface area contributed by atoms with Crippen LogP contribution >= 0.6 is 0 Å². The van der Waals surface area contributed by atoms with E-state index in [2.05, 4.69) is 42.5 Å². The average Bonchev–Trinajstić information content (AvgIpc) is 3.75. The Kier molecular flexibility index (Phi) is 9.06. The third-order valence-electron chi connectivity index (χ3n) is 14.0. The number of hydrogen-bond donors (Lipinski definition) is 11. The van der Waals surface area contributed by atoms with Gasteiger partial charge in [-0.3, -0.25) is 42.5 Å². The Balaban J connectivity index is 0.00000289. The van der Waals surface area contributed by atoms with E-state index in [0.29, 0.717) is 54.3 Å². The first kappa shape index (κ1) is 31.6. The molecule has 8 bridgehead atoms. The molecule has 9 aliphatic rings. The van der Waals surface area contributed by atoms with Crippen LogP contribution in [0.5, 0.6) is 0 Å². The Hall–Kier alpha value is 0.300. The van der Waals surface area contributed by atoms with Crippen LogP contribution in [0.15, 0.2) is 0 Å². The van der Waals surface area contributed by atoms with Crippen molar-refractivity contribution < 1.29 is 37.7 Å². The quantitative estimate of drug-likeness (QED) is 0.148. The molecule has 0 aromatic heterocycles. The molecule has 19 atom stereocenters. The molecule has 19 unspecified atom stereocenters. The maximum atomic E-state index is 11.4. The fourth-order valence-electron chi connectivity index (χ4n) is 12.0. The van der Waals surface area contributed by atoms with E-state index in [1.165, 1.54) is 77.0 Å². The predicted molar refractivity (Wildman–Crippen MR) is 161 cm³/mol. The van der Waals surface area contributed by atoms with Crippen molar-refractivity contribution >= 4 is 0 Å². The number of aliphatic hydroxyl groups excluding tert-OH is 3. The number of rotatable bonds is 0. The van der Waals surface area contributed by atoms with Gasteiger partial charge in [-0.2, -0.15) is 0 Å². The molecule has 0 aromatic carbocycles. The minimum absolute atomic E-state index is 0. The van der Waals surface area contributed by atoms with Crippen LogP contribution in [0.25, 0.3) is 0 Å². The summed E-state index contributed by atoms with van der Waals surface area (Å²) in [6.45, 7) is 0. The SMILES string of the molecule is OC1CC2C3NC4NC(NC5NC(NC6NC(NC(N3)C2C(O)C1O)C1CCCCC61)C1CCCCC51)C1CCCCC41.[Ag]. The van der Waals surface area contributed by atoms with Gasteiger partial charge in [-0.25, -0.2) is 0 Å². The zero-order chi connectivity index (χ0) is 28.8. The Bertz CT molecular complexity index is 1030. The summed E-state index contributed by atoms with van der Waals surface area (Å²) in [6, 6.07) is 0. The minimum atomic E-state index is -1.11. The average molecular weight is 709 g/mol. The van der Waals surface area contributed by atoms with Crippen LogP contribution < -0.4 is 42.5 Å². The molecule has 5 saturated heterocycles. The van der Waals surface area contributed by atoms with Gasteiger partial charge in [0.25, 0.3) is 0 Å². The van der Waals surface area contributed by atoms with Gasteiger partial charge in [0.15, 0.2) is 0 Å². The predicted octanol–water partition coefficient (Wildman–Crippen LogP) is -0.484. The van der Waals surface area contributed by atoms with Crippen LogP contribution in [-0.2, 0) is 22.4 Å². The molecule has 12 heteroatoms. The largest absolute Gasteiger partial charge is 0.390 e. The number of fused-ring (bicyclic) bond motifs is 20. The van der Waals surface area contributed by atoms with Crippen LogP contribution in [0.2, 0.25) is 0 Å². The standard InChI is InChI=1S/C32H56N8O3.Ag/c41-21-13-20-22(24(43)23(21)42)32-39-30-19-12-6-5-11-18(19)28(37-30)35-26-15-8-2-1-7-14(15)25(33-26)34-27-16-9-3-4-10-17(16)29(36-27)38-31(20)40-32;/h14-43H,1-13H2;. The molecule has 11 nitrogen and oxygen atoms in total. The van der Waals surface area contributed by atoms with Gasteiger partial charge >= 0.3 is 0 Å². The fourth-order valence-corrected chi connectivity index (χ4v) is 12.0. The summed E-state index contributed by atoms with van der Waals surface area (Å²) >= 11 is 0. The van der Waals surface area contributed by atoms with Crippen molar-refractivity contribution in [1.82, 2.24) is 42.5 Å². The van der Waals surface area contributed by atoms with Gasteiger partial charge in [0.1, 0.15) is 6.10 Å². The van der Waals surface area contributed by atoms with E-state index in [0.717, 1.165) is 0 Å². The van der Waals surface area contributed by atoms with Gasteiger partial charge in [-0.15, -0.1) is 0 Å². The second-order valence-electron chi connectivity index (χ2n) is 16.0. The Labute approximate surface area is 277 Å². The number of hydrogen-bond acceptors (Lipinski definition) is 11. The molecular formula is C32H56AgN8O3. The summed E-state index contributed by atoms with van der Waals surface area (Å²) in [6.07, 6.45) is 14.1. The Morgan fingerprint density at radius 3 is 0.932 bits per heavy atom. The number of nitrogens with one attached hydrogen (secondary N) is 8. The van der Waals surface area contributed by atoms with E-state index < -0.39 is 18.3 Å². The topological polar surface area (TPSA) is 157 Å². The molecule has 0 spiro atoms.